The van der Waals surface area contributed by atoms with Crippen molar-refractivity contribution in [2.24, 2.45) is 34.6 Å². The standard InChI is InChI=1S/C61H100N14O11S/c1-35(2)33-45(57(85)86)72-54(82)48(60(4,5)6)73-51(79)44(34-37-21-25-40(77)26-22-37)71-53(81)46-19-13-31-74(46)55(83)43(18-12-30-67-59(64)65)70-50(78)42(17-11-29-66-58(62)63)69-52(80)47-20-14-32-75(47)56(84)49(68-36(3)76)61(7,8)87-41-27-23-39(24-28-41)38-15-9-10-16-38/h21-22,25-26,35,38-39,41-49,77H,9-20,23-24,27-34H2,1-8H3,(H,68,76)(H,69,80)(H,70,78)(H,71,81)(H,72,82)(H,73,79)(H,85,86)(H4,62,63,66)(H4,64,65,67)/t39?,41?,42-,43-,44-,45-,46-,47-,48+,49+/m0/s1. The molecule has 2 aliphatic carbocycles. The lowest BCUT2D eigenvalue weighted by Crippen LogP contribution is -2.62. The van der Waals surface area contributed by atoms with Gasteiger partial charge in [0.2, 0.25) is 47.3 Å². The van der Waals surface area contributed by atoms with E-state index in [4.69, 9.17) is 22.3 Å². The topological polar surface area (TPSA) is 397 Å². The number of benzene rings is 1. The predicted octanol–water partition coefficient (Wildman–Crippen LogP) is 2.81. The van der Waals surface area contributed by atoms with Crippen molar-refractivity contribution in [1.29, 1.82) is 10.8 Å². The lowest BCUT2D eigenvalue weighted by Gasteiger charge is -2.41. The van der Waals surface area contributed by atoms with Gasteiger partial charge in [-0.15, -0.1) is 11.8 Å². The summed E-state index contributed by atoms with van der Waals surface area (Å²) in [5.74, 6) is -5.53. The molecular formula is C61H100N14O11S. The van der Waals surface area contributed by atoms with Crippen LogP contribution in [-0.2, 0) is 49.6 Å². The number of aromatic hydroxyl groups is 1. The van der Waals surface area contributed by atoms with E-state index in [1.54, 1.807) is 44.7 Å². The van der Waals surface area contributed by atoms with E-state index in [0.29, 0.717) is 23.7 Å². The molecule has 2 heterocycles. The Morgan fingerprint density at radius 1 is 0.609 bits per heavy atom. The summed E-state index contributed by atoms with van der Waals surface area (Å²) in [4.78, 5) is 130. The molecule has 25 nitrogen and oxygen atoms in total. The minimum absolute atomic E-state index is 0.00154. The minimum atomic E-state index is -1.36. The normalized spacial score (nSPS) is 21.1. The van der Waals surface area contributed by atoms with Gasteiger partial charge in [-0.1, -0.05) is 72.4 Å². The number of phenolic OH excluding ortho intramolecular Hbond substituents is 1. The van der Waals surface area contributed by atoms with Gasteiger partial charge in [-0.05, 0) is 138 Å². The van der Waals surface area contributed by atoms with Crippen molar-refractivity contribution in [1.82, 2.24) is 52.3 Å². The van der Waals surface area contributed by atoms with E-state index in [2.05, 4.69) is 42.5 Å². The molecule has 2 aliphatic heterocycles. The summed E-state index contributed by atoms with van der Waals surface area (Å²) >= 11 is 1.71. The SMILES string of the molecule is CC(=O)N[C@H](C(=O)N1CCC[C@H]1C(=O)N[C@@H](CCCNC(=N)N)C(=O)N[C@@H](CCCNC(=N)N)C(=O)N1CCC[C@H]1C(=O)N[C@@H](Cc1ccc(O)cc1)C(=O)N[C@H](C(=O)N[C@@H](CC(C)C)C(=O)O)C(C)(C)C)C(C)(C)SC1CCC(C2CCCC2)CC1. The highest BCUT2D eigenvalue weighted by Gasteiger charge is 2.47. The molecule has 0 radical (unpaired) electrons. The number of carboxylic acid groups (broad SMARTS) is 1. The number of aliphatic carboxylic acids is 1. The maximum absolute atomic E-state index is 15.0. The van der Waals surface area contributed by atoms with Gasteiger partial charge in [0.25, 0.3) is 0 Å². The summed E-state index contributed by atoms with van der Waals surface area (Å²) in [6.07, 6.45) is 11.2. The number of guanidine groups is 2. The number of carboxylic acids is 1. The first-order valence-corrected chi connectivity index (χ1v) is 32.1. The number of nitrogens with two attached hydrogens (primary N) is 2. The van der Waals surface area contributed by atoms with Crippen LogP contribution in [0.2, 0.25) is 0 Å². The van der Waals surface area contributed by atoms with Gasteiger partial charge in [0.05, 0.1) is 0 Å². The quantitative estimate of drug-likeness (QED) is 0.0299. The molecule has 1 aromatic rings. The van der Waals surface area contributed by atoms with E-state index in [0.717, 1.165) is 37.5 Å². The average molecular weight is 1240 g/mol. The third kappa shape index (κ3) is 21.8. The summed E-state index contributed by atoms with van der Waals surface area (Å²) in [6.45, 7) is 14.6. The van der Waals surface area contributed by atoms with Gasteiger partial charge in [0.1, 0.15) is 54.1 Å². The molecule has 486 valence electrons. The molecule has 26 heteroatoms. The number of carbonyl (C=O) groups excluding carboxylic acids is 8. The molecule has 4 aliphatic rings. The van der Waals surface area contributed by atoms with Crippen LogP contribution in [0.5, 0.6) is 5.75 Å². The molecule has 2 saturated carbocycles. The van der Waals surface area contributed by atoms with Crippen LogP contribution in [0.15, 0.2) is 24.3 Å². The minimum Gasteiger partial charge on any atom is -0.508 e. The molecule has 2 saturated heterocycles. The van der Waals surface area contributed by atoms with Crippen LogP contribution < -0.4 is 54.0 Å². The number of phenols is 1. The van der Waals surface area contributed by atoms with Crippen LogP contribution >= 0.6 is 11.8 Å². The molecule has 16 N–H and O–H groups in total. The second kappa shape index (κ2) is 32.9. The molecule has 0 spiro atoms. The number of thioether (sulfide) groups is 1. The Balaban J connectivity index is 1.36. The number of hydrogen-bond donors (Lipinski definition) is 14. The van der Waals surface area contributed by atoms with Crippen molar-refractivity contribution in [3.63, 3.8) is 0 Å². The summed E-state index contributed by atoms with van der Waals surface area (Å²) in [5.41, 5.74) is 10.7. The number of hydrogen-bond acceptors (Lipinski definition) is 13. The van der Waals surface area contributed by atoms with E-state index >= 15 is 0 Å². The number of likely N-dealkylation sites (tertiary alicyclic amines) is 2. The number of carbonyl (C=O) groups is 9. The molecule has 8 atom stereocenters. The van der Waals surface area contributed by atoms with Gasteiger partial charge >= 0.3 is 5.97 Å². The van der Waals surface area contributed by atoms with Crippen molar-refractivity contribution in [2.45, 2.75) is 229 Å². The van der Waals surface area contributed by atoms with E-state index in [1.165, 1.54) is 54.5 Å². The second-order valence-corrected chi connectivity index (χ2v) is 28.1. The Labute approximate surface area is 517 Å². The van der Waals surface area contributed by atoms with Crippen LogP contribution in [0.1, 0.15) is 170 Å². The highest BCUT2D eigenvalue weighted by atomic mass is 32.2. The molecule has 1 aromatic carbocycles. The van der Waals surface area contributed by atoms with Crippen LogP contribution in [-0.4, -0.2) is 170 Å². The average Bonchev–Trinajstić information content (AvgIpc) is 3.89. The fraction of sp³-hybridized carbons (Fsp3) is 0.721. The number of nitrogens with one attached hydrogen (secondary N) is 10. The molecular weight excluding hydrogens is 1140 g/mol. The Morgan fingerprint density at radius 2 is 1.10 bits per heavy atom. The summed E-state index contributed by atoms with van der Waals surface area (Å²) in [5, 5.41) is 57.8. The first kappa shape index (κ1) is 70.9. The van der Waals surface area contributed by atoms with Crippen molar-refractivity contribution in [2.75, 3.05) is 26.2 Å². The van der Waals surface area contributed by atoms with Gasteiger partial charge in [-0.3, -0.25) is 49.2 Å². The maximum atomic E-state index is 15.0. The van der Waals surface area contributed by atoms with Crippen molar-refractivity contribution < 1.29 is 53.4 Å². The van der Waals surface area contributed by atoms with Crippen LogP contribution in [0, 0.1) is 34.0 Å². The largest absolute Gasteiger partial charge is 0.508 e. The number of rotatable bonds is 30. The van der Waals surface area contributed by atoms with E-state index in [1.807, 2.05) is 27.7 Å². The van der Waals surface area contributed by atoms with Crippen molar-refractivity contribution in [3.8, 4) is 5.75 Å². The highest BCUT2D eigenvalue weighted by Crippen LogP contribution is 2.45. The second-order valence-electron chi connectivity index (χ2n) is 26.2. The third-order valence-electron chi connectivity index (χ3n) is 17.2. The fourth-order valence-electron chi connectivity index (χ4n) is 12.6. The highest BCUT2D eigenvalue weighted by molar-refractivity contribution is 8.01. The van der Waals surface area contributed by atoms with Gasteiger partial charge in [0.15, 0.2) is 11.9 Å². The Kier molecular flexibility index (Phi) is 26.8. The lowest BCUT2D eigenvalue weighted by atomic mass is 9.79. The van der Waals surface area contributed by atoms with E-state index in [-0.39, 0.29) is 107 Å². The zero-order chi connectivity index (χ0) is 64.3. The zero-order valence-electron chi connectivity index (χ0n) is 52.3. The Bertz CT molecular complexity index is 2570. The fourth-order valence-corrected chi connectivity index (χ4v) is 14.3. The first-order chi connectivity index (χ1) is 40.9. The predicted molar refractivity (Wildman–Crippen MR) is 333 cm³/mol. The van der Waals surface area contributed by atoms with Gasteiger partial charge in [-0.25, -0.2) is 4.79 Å². The van der Waals surface area contributed by atoms with E-state index < -0.39 is 106 Å². The smallest absolute Gasteiger partial charge is 0.326 e. The molecule has 4 fully saturated rings. The lowest BCUT2D eigenvalue weighted by molar-refractivity contribution is -0.144. The first-order valence-electron chi connectivity index (χ1n) is 31.2. The van der Waals surface area contributed by atoms with Crippen molar-refractivity contribution in [3.05, 3.63) is 29.8 Å². The van der Waals surface area contributed by atoms with E-state index in [9.17, 15) is 53.4 Å². The van der Waals surface area contributed by atoms with Gasteiger partial charge < -0.3 is 74.0 Å². The summed E-state index contributed by atoms with van der Waals surface area (Å²) < 4.78 is -0.748. The zero-order valence-corrected chi connectivity index (χ0v) is 53.1. The van der Waals surface area contributed by atoms with Gasteiger partial charge in [0, 0.05) is 49.5 Å². The molecule has 5 rings (SSSR count). The third-order valence-corrected chi connectivity index (χ3v) is 18.8. The van der Waals surface area contributed by atoms with Gasteiger partial charge in [-0.2, -0.15) is 0 Å². The summed E-state index contributed by atoms with van der Waals surface area (Å²) in [7, 11) is 0. The Hall–Kier alpha value is -6.86. The molecule has 8 amide bonds. The van der Waals surface area contributed by atoms with Crippen LogP contribution in [0.3, 0.4) is 0 Å². The van der Waals surface area contributed by atoms with Crippen LogP contribution in [0.25, 0.3) is 0 Å². The number of amides is 8. The monoisotopic (exact) mass is 1240 g/mol. The van der Waals surface area contributed by atoms with Crippen molar-refractivity contribution >= 4 is 76.9 Å². The van der Waals surface area contributed by atoms with Crippen LogP contribution in [0.4, 0.5) is 0 Å². The maximum Gasteiger partial charge on any atom is 0.326 e. The summed E-state index contributed by atoms with van der Waals surface area (Å²) in [6, 6.07) is -3.64. The molecule has 87 heavy (non-hydrogen) atoms. The molecule has 0 unspecified atom stereocenters. The number of nitrogens with zero attached hydrogens (tertiary/aromatic N) is 2. The molecule has 0 bridgehead atoms. The Morgan fingerprint density at radius 3 is 1.61 bits per heavy atom. The molecule has 0 aromatic heterocycles.